The van der Waals surface area contributed by atoms with Crippen LogP contribution in [0.1, 0.15) is 36.4 Å². The van der Waals surface area contributed by atoms with Crippen molar-refractivity contribution in [1.29, 1.82) is 0 Å². The van der Waals surface area contributed by atoms with Crippen LogP contribution >= 0.6 is 0 Å². The fourth-order valence-electron chi connectivity index (χ4n) is 4.04. The highest BCUT2D eigenvalue weighted by Crippen LogP contribution is 2.35. The van der Waals surface area contributed by atoms with Crippen LogP contribution in [0.15, 0.2) is 29.6 Å². The van der Waals surface area contributed by atoms with Gasteiger partial charge in [-0.05, 0) is 25.8 Å². The highest BCUT2D eigenvalue weighted by atomic mass is 19.1. The molecule has 3 N–H and O–H groups in total. The Kier molecular flexibility index (Phi) is 4.77. The molecule has 0 bridgehead atoms. The minimum absolute atomic E-state index is 0.140. The Morgan fingerprint density at radius 1 is 1.26 bits per heavy atom. The van der Waals surface area contributed by atoms with Crippen molar-refractivity contribution in [2.75, 3.05) is 13.2 Å². The van der Waals surface area contributed by atoms with E-state index in [2.05, 4.69) is 10.6 Å². The van der Waals surface area contributed by atoms with Gasteiger partial charge in [-0.15, -0.1) is 0 Å². The molecule has 3 aliphatic heterocycles. The maximum absolute atomic E-state index is 14.9. The van der Waals surface area contributed by atoms with Gasteiger partial charge < -0.3 is 20.5 Å². The van der Waals surface area contributed by atoms with Crippen LogP contribution in [0, 0.1) is 12.7 Å². The van der Waals surface area contributed by atoms with Gasteiger partial charge in [0.25, 0.3) is 5.91 Å². The van der Waals surface area contributed by atoms with Crippen molar-refractivity contribution in [1.82, 2.24) is 15.5 Å². The van der Waals surface area contributed by atoms with E-state index in [-0.39, 0.29) is 35.3 Å². The average molecular weight is 379 g/mol. The predicted octanol–water partition coefficient (Wildman–Crippen LogP) is 1.60. The first-order valence-electron chi connectivity index (χ1n) is 9.20. The van der Waals surface area contributed by atoms with Crippen LogP contribution in [0.2, 0.25) is 0 Å². The zero-order chi connectivity index (χ0) is 19.1. The molecule has 1 aromatic carbocycles. The Labute approximate surface area is 156 Å². The molecule has 1 saturated heterocycles. The molecule has 8 heteroatoms. The summed E-state index contributed by atoms with van der Waals surface area (Å²) in [6.07, 6.45) is -1.57. The van der Waals surface area contributed by atoms with Crippen molar-refractivity contribution in [3.8, 4) is 0 Å². The molecule has 3 heterocycles. The summed E-state index contributed by atoms with van der Waals surface area (Å²) < 4.78 is 34.5. The molecule has 0 aromatic heterocycles. The number of ether oxygens (including phenoxy) is 1. The lowest BCUT2D eigenvalue weighted by Gasteiger charge is -2.44. The van der Waals surface area contributed by atoms with E-state index in [9.17, 15) is 18.7 Å². The van der Waals surface area contributed by atoms with E-state index in [1.54, 1.807) is 12.1 Å². The maximum Gasteiger partial charge on any atom is 0.257 e. The van der Waals surface area contributed by atoms with E-state index in [1.807, 2.05) is 6.92 Å². The number of nitrogens with zero attached hydrogens (tertiary/aromatic N) is 1. The van der Waals surface area contributed by atoms with E-state index in [1.165, 1.54) is 11.0 Å². The second-order valence-corrected chi connectivity index (χ2v) is 7.29. The monoisotopic (exact) mass is 379 g/mol. The van der Waals surface area contributed by atoms with Gasteiger partial charge in [0.1, 0.15) is 17.8 Å². The molecular weight excluding hydrogens is 356 g/mol. The number of rotatable bonds is 2. The number of aliphatic hydroxyl groups is 1. The standard InChI is InChI=1S/C19H23F2N3O3/c1-10-2-3-14(20)12(8-10)16-15(21)9-13-17(22-16)23-19(26)24(18(13)25)11-4-6-27-7-5-11/h2-3,8,11,15-16,19,22-23,26H,4-7,9H2,1H3/t15-,16+,19?/m1/s1. The van der Waals surface area contributed by atoms with Crippen LogP contribution in [-0.2, 0) is 9.53 Å². The molecule has 0 spiro atoms. The molecule has 4 rings (SSSR count). The summed E-state index contributed by atoms with van der Waals surface area (Å²) in [6, 6.07) is 3.45. The second-order valence-electron chi connectivity index (χ2n) is 7.29. The minimum Gasteiger partial charge on any atom is -0.381 e. The number of carbonyl (C=O) groups is 1. The van der Waals surface area contributed by atoms with Crippen LogP contribution in [0.3, 0.4) is 0 Å². The number of hydrogen-bond acceptors (Lipinski definition) is 5. The molecule has 6 nitrogen and oxygen atoms in total. The molecule has 1 fully saturated rings. The fourth-order valence-corrected chi connectivity index (χ4v) is 4.04. The first-order chi connectivity index (χ1) is 13.0. The van der Waals surface area contributed by atoms with Crippen LogP contribution in [0.4, 0.5) is 8.78 Å². The van der Waals surface area contributed by atoms with Gasteiger partial charge in [0.2, 0.25) is 6.35 Å². The molecule has 3 atom stereocenters. The van der Waals surface area contributed by atoms with Crippen LogP contribution in [0.25, 0.3) is 0 Å². The number of benzene rings is 1. The molecule has 0 radical (unpaired) electrons. The third-order valence-electron chi connectivity index (χ3n) is 5.46. The molecule has 3 aliphatic rings. The number of hydrogen-bond donors (Lipinski definition) is 3. The maximum atomic E-state index is 14.9. The lowest BCUT2D eigenvalue weighted by atomic mass is 9.90. The quantitative estimate of drug-likeness (QED) is 0.728. The number of amides is 1. The summed E-state index contributed by atoms with van der Waals surface area (Å²) in [4.78, 5) is 14.3. The SMILES string of the molecule is Cc1ccc(F)c([C@@H]2NC3=C(C[C@H]2F)C(=O)N(C2CCOCC2)C(O)N3)c1. The second kappa shape index (κ2) is 7.09. The van der Waals surface area contributed by atoms with Crippen LogP contribution in [0.5, 0.6) is 0 Å². The van der Waals surface area contributed by atoms with Crippen molar-refractivity contribution in [2.24, 2.45) is 0 Å². The lowest BCUT2D eigenvalue weighted by Crippen LogP contribution is -2.61. The number of carbonyl (C=O) groups excluding carboxylic acids is 1. The summed E-state index contributed by atoms with van der Waals surface area (Å²) in [6.45, 7) is 2.85. The highest BCUT2D eigenvalue weighted by Gasteiger charge is 2.43. The molecule has 1 aromatic rings. The van der Waals surface area contributed by atoms with Gasteiger partial charge in [0, 0.05) is 31.2 Å². The summed E-state index contributed by atoms with van der Waals surface area (Å²) >= 11 is 0. The third kappa shape index (κ3) is 3.27. The van der Waals surface area contributed by atoms with Gasteiger partial charge in [0.05, 0.1) is 11.6 Å². The summed E-state index contributed by atoms with van der Waals surface area (Å²) in [5.41, 5.74) is 1.28. The lowest BCUT2D eigenvalue weighted by molar-refractivity contribution is -0.151. The van der Waals surface area contributed by atoms with Gasteiger partial charge in [-0.25, -0.2) is 8.78 Å². The smallest absolute Gasteiger partial charge is 0.257 e. The van der Waals surface area contributed by atoms with Crippen molar-refractivity contribution in [2.45, 2.75) is 50.8 Å². The summed E-state index contributed by atoms with van der Waals surface area (Å²) in [7, 11) is 0. The van der Waals surface area contributed by atoms with E-state index in [0.717, 1.165) is 5.56 Å². The topological polar surface area (TPSA) is 73.8 Å². The molecule has 27 heavy (non-hydrogen) atoms. The predicted molar refractivity (Wildman–Crippen MR) is 93.4 cm³/mol. The zero-order valence-electron chi connectivity index (χ0n) is 15.0. The van der Waals surface area contributed by atoms with Gasteiger partial charge in [-0.3, -0.25) is 9.69 Å². The van der Waals surface area contributed by atoms with Gasteiger partial charge >= 0.3 is 0 Å². The number of halogens is 2. The number of aliphatic hydroxyl groups excluding tert-OH is 1. The van der Waals surface area contributed by atoms with Crippen molar-refractivity contribution < 1.29 is 23.4 Å². The van der Waals surface area contributed by atoms with Gasteiger partial charge in [0.15, 0.2) is 0 Å². The Bertz CT molecular complexity index is 779. The minimum atomic E-state index is -1.46. The van der Waals surface area contributed by atoms with Crippen molar-refractivity contribution >= 4 is 5.91 Å². The summed E-state index contributed by atoms with van der Waals surface area (Å²) in [5, 5.41) is 16.2. The Hall–Kier alpha value is -2.19. The Morgan fingerprint density at radius 3 is 2.74 bits per heavy atom. The molecule has 0 saturated carbocycles. The van der Waals surface area contributed by atoms with Crippen molar-refractivity contribution in [3.63, 3.8) is 0 Å². The summed E-state index contributed by atoms with van der Waals surface area (Å²) in [5.74, 6) is -0.617. The number of nitrogens with one attached hydrogen (secondary N) is 2. The normalized spacial score (nSPS) is 29.3. The number of alkyl halides is 1. The molecule has 1 amide bonds. The first-order valence-corrected chi connectivity index (χ1v) is 9.20. The average Bonchev–Trinajstić information content (AvgIpc) is 2.65. The molecule has 146 valence electrons. The van der Waals surface area contributed by atoms with Gasteiger partial charge in [-0.1, -0.05) is 17.7 Å². The van der Waals surface area contributed by atoms with Crippen molar-refractivity contribution in [3.05, 3.63) is 46.5 Å². The van der Waals surface area contributed by atoms with Gasteiger partial charge in [-0.2, -0.15) is 0 Å². The molecular formula is C19H23F2N3O3. The Morgan fingerprint density at radius 2 is 2.00 bits per heavy atom. The highest BCUT2D eigenvalue weighted by molar-refractivity contribution is 5.95. The largest absolute Gasteiger partial charge is 0.381 e. The molecule has 0 aliphatic carbocycles. The third-order valence-corrected chi connectivity index (χ3v) is 5.46. The van der Waals surface area contributed by atoms with Crippen LogP contribution in [-0.4, -0.2) is 47.7 Å². The first kappa shape index (κ1) is 18.2. The van der Waals surface area contributed by atoms with E-state index in [0.29, 0.717) is 26.1 Å². The van der Waals surface area contributed by atoms with Crippen LogP contribution < -0.4 is 10.6 Å². The fraction of sp³-hybridized carbons (Fsp3) is 0.526. The van der Waals surface area contributed by atoms with E-state index < -0.39 is 24.4 Å². The number of aryl methyl sites for hydroxylation is 1. The Balaban J connectivity index is 1.61. The van der Waals surface area contributed by atoms with E-state index >= 15 is 0 Å². The molecule has 1 unspecified atom stereocenters. The van der Waals surface area contributed by atoms with E-state index in [4.69, 9.17) is 4.74 Å². The zero-order valence-corrected chi connectivity index (χ0v) is 15.0.